The minimum atomic E-state index is -0.814. The molecule has 0 aromatic carbocycles. The van der Waals surface area contributed by atoms with E-state index in [4.69, 9.17) is 5.11 Å². The van der Waals surface area contributed by atoms with Crippen LogP contribution in [0.15, 0.2) is 0 Å². The largest absolute Gasteiger partial charge is 0.481 e. The van der Waals surface area contributed by atoms with Crippen LogP contribution < -0.4 is 0 Å². The van der Waals surface area contributed by atoms with Crippen molar-refractivity contribution in [1.29, 1.82) is 0 Å². The third-order valence-corrected chi connectivity index (χ3v) is 3.51. The van der Waals surface area contributed by atoms with Crippen molar-refractivity contribution < 1.29 is 14.7 Å². The van der Waals surface area contributed by atoms with Gasteiger partial charge in [0.2, 0.25) is 5.91 Å². The molecule has 4 heteroatoms. The Hall–Kier alpha value is -1.06. The van der Waals surface area contributed by atoms with E-state index in [-0.39, 0.29) is 18.2 Å². The molecule has 0 radical (unpaired) electrons. The number of hydrogen-bond donors (Lipinski definition) is 1. The molecule has 2 rings (SSSR count). The Morgan fingerprint density at radius 2 is 1.88 bits per heavy atom. The number of nitrogens with zero attached hydrogens (tertiary/aromatic N) is 1. The lowest BCUT2D eigenvalue weighted by atomic mass is 10.0. The van der Waals surface area contributed by atoms with Gasteiger partial charge in [0.05, 0.1) is 0 Å². The van der Waals surface area contributed by atoms with Gasteiger partial charge in [-0.2, -0.15) is 0 Å². The first-order valence-corrected chi connectivity index (χ1v) is 6.57. The van der Waals surface area contributed by atoms with Crippen molar-refractivity contribution >= 4 is 11.9 Å². The summed E-state index contributed by atoms with van der Waals surface area (Å²) in [4.78, 5) is 24.7. The maximum Gasteiger partial charge on any atom is 0.303 e. The first-order chi connectivity index (χ1) is 8.06. The molecule has 1 N–H and O–H groups in total. The Bertz CT molecular complexity index is 308. The van der Waals surface area contributed by atoms with Gasteiger partial charge >= 0.3 is 5.97 Å². The Balaban J connectivity index is 1.80. The Kier molecular flexibility index (Phi) is 3.69. The first-order valence-electron chi connectivity index (χ1n) is 6.57. The highest BCUT2D eigenvalue weighted by Crippen LogP contribution is 2.35. The fraction of sp³-hybridized carbons (Fsp3) is 0.846. The number of aliphatic carboxylic acids is 1. The second kappa shape index (κ2) is 5.07. The summed E-state index contributed by atoms with van der Waals surface area (Å²) in [6, 6.07) is 0.458. The molecule has 0 heterocycles. The number of carbonyl (C=O) groups excluding carboxylic acids is 1. The molecule has 4 nitrogen and oxygen atoms in total. The van der Waals surface area contributed by atoms with E-state index in [1.54, 1.807) is 0 Å². The topological polar surface area (TPSA) is 57.6 Å². The summed E-state index contributed by atoms with van der Waals surface area (Å²) in [5.74, 6) is 0.00778. The molecule has 2 fully saturated rings. The van der Waals surface area contributed by atoms with Gasteiger partial charge in [0.1, 0.15) is 0 Å². The quantitative estimate of drug-likeness (QED) is 0.738. The van der Waals surface area contributed by atoms with Crippen LogP contribution in [-0.2, 0) is 9.59 Å². The fourth-order valence-corrected chi connectivity index (χ4v) is 2.20. The summed E-state index contributed by atoms with van der Waals surface area (Å²) in [5.41, 5.74) is 0. The normalized spacial score (nSPS) is 21.0. The molecule has 2 aliphatic rings. The van der Waals surface area contributed by atoms with Crippen LogP contribution in [0.5, 0.6) is 0 Å². The molecule has 1 amide bonds. The number of hydrogen-bond acceptors (Lipinski definition) is 2. The van der Waals surface area contributed by atoms with Crippen molar-refractivity contribution in [1.82, 2.24) is 4.90 Å². The van der Waals surface area contributed by atoms with Gasteiger partial charge in [-0.25, -0.2) is 0 Å². The van der Waals surface area contributed by atoms with Crippen LogP contribution >= 0.6 is 0 Å². The van der Waals surface area contributed by atoms with E-state index in [1.165, 1.54) is 12.8 Å². The van der Waals surface area contributed by atoms with Gasteiger partial charge in [-0.3, -0.25) is 9.59 Å². The second-order valence-electron chi connectivity index (χ2n) is 5.63. The van der Waals surface area contributed by atoms with E-state index in [0.717, 1.165) is 19.4 Å². The maximum absolute atomic E-state index is 12.1. The van der Waals surface area contributed by atoms with Crippen LogP contribution in [0, 0.1) is 11.8 Å². The van der Waals surface area contributed by atoms with Gasteiger partial charge in [-0.15, -0.1) is 0 Å². The maximum atomic E-state index is 12.1. The summed E-state index contributed by atoms with van der Waals surface area (Å²) in [5, 5.41) is 8.69. The Labute approximate surface area is 102 Å². The average Bonchev–Trinajstić information content (AvgIpc) is 3.07. The minimum absolute atomic E-state index is 0.0551. The molecule has 2 aliphatic carbocycles. The molecule has 0 spiro atoms. The van der Waals surface area contributed by atoms with Crippen molar-refractivity contribution in [2.75, 3.05) is 6.54 Å². The van der Waals surface area contributed by atoms with Gasteiger partial charge in [-0.05, 0) is 37.5 Å². The molecule has 0 aromatic rings. The van der Waals surface area contributed by atoms with Crippen LogP contribution in [-0.4, -0.2) is 34.5 Å². The first kappa shape index (κ1) is 12.4. The lowest BCUT2D eigenvalue weighted by Crippen LogP contribution is -2.35. The molecule has 1 atom stereocenters. The zero-order valence-electron chi connectivity index (χ0n) is 10.4. The SMILES string of the molecule is CC(CC(=O)O)CC(=O)N(CC1CC1)C1CC1. The predicted octanol–water partition coefficient (Wildman–Crippen LogP) is 1.89. The van der Waals surface area contributed by atoms with Crippen LogP contribution in [0.4, 0.5) is 0 Å². The standard InChI is InChI=1S/C13H21NO3/c1-9(7-13(16)17)6-12(15)14(11-4-5-11)8-10-2-3-10/h9-11H,2-8H2,1H3,(H,16,17). The van der Waals surface area contributed by atoms with E-state index in [9.17, 15) is 9.59 Å². The third kappa shape index (κ3) is 4.02. The van der Waals surface area contributed by atoms with E-state index in [1.807, 2.05) is 11.8 Å². The van der Waals surface area contributed by atoms with E-state index in [0.29, 0.717) is 18.4 Å². The third-order valence-electron chi connectivity index (χ3n) is 3.51. The van der Waals surface area contributed by atoms with E-state index < -0.39 is 5.97 Å². The lowest BCUT2D eigenvalue weighted by Gasteiger charge is -2.23. The molecule has 1 unspecified atom stereocenters. The highest BCUT2D eigenvalue weighted by atomic mass is 16.4. The molecule has 96 valence electrons. The van der Waals surface area contributed by atoms with Crippen LogP contribution in [0.25, 0.3) is 0 Å². The molecule has 0 aliphatic heterocycles. The number of carboxylic acid groups (broad SMARTS) is 1. The second-order valence-corrected chi connectivity index (χ2v) is 5.63. The van der Waals surface area contributed by atoms with Crippen molar-refractivity contribution in [2.45, 2.75) is 51.5 Å². The van der Waals surface area contributed by atoms with E-state index in [2.05, 4.69) is 0 Å². The van der Waals surface area contributed by atoms with E-state index >= 15 is 0 Å². The lowest BCUT2D eigenvalue weighted by molar-refractivity contribution is -0.138. The number of carboxylic acids is 1. The smallest absolute Gasteiger partial charge is 0.303 e. The Morgan fingerprint density at radius 3 is 2.35 bits per heavy atom. The average molecular weight is 239 g/mol. The molecule has 17 heavy (non-hydrogen) atoms. The van der Waals surface area contributed by atoms with Crippen molar-refractivity contribution in [2.24, 2.45) is 11.8 Å². The minimum Gasteiger partial charge on any atom is -0.481 e. The van der Waals surface area contributed by atoms with Crippen molar-refractivity contribution in [3.63, 3.8) is 0 Å². The van der Waals surface area contributed by atoms with Gasteiger partial charge in [-0.1, -0.05) is 6.92 Å². The van der Waals surface area contributed by atoms with Gasteiger partial charge in [0.25, 0.3) is 0 Å². The van der Waals surface area contributed by atoms with Gasteiger partial charge in [0, 0.05) is 25.4 Å². The molecular weight excluding hydrogens is 218 g/mol. The summed E-state index contributed by atoms with van der Waals surface area (Å²) >= 11 is 0. The predicted molar refractivity (Wildman–Crippen MR) is 63.5 cm³/mol. The zero-order chi connectivity index (χ0) is 12.4. The zero-order valence-corrected chi connectivity index (χ0v) is 10.4. The van der Waals surface area contributed by atoms with Crippen LogP contribution in [0.3, 0.4) is 0 Å². The van der Waals surface area contributed by atoms with Gasteiger partial charge < -0.3 is 10.0 Å². The fourth-order valence-electron chi connectivity index (χ4n) is 2.20. The summed E-state index contributed by atoms with van der Waals surface area (Å²) in [7, 11) is 0. The summed E-state index contributed by atoms with van der Waals surface area (Å²) in [6.45, 7) is 2.75. The van der Waals surface area contributed by atoms with Gasteiger partial charge in [0.15, 0.2) is 0 Å². The molecule has 2 saturated carbocycles. The van der Waals surface area contributed by atoms with Crippen molar-refractivity contribution in [3.05, 3.63) is 0 Å². The molecule has 0 bridgehead atoms. The van der Waals surface area contributed by atoms with Crippen LogP contribution in [0.2, 0.25) is 0 Å². The summed E-state index contributed by atoms with van der Waals surface area (Å²) in [6.07, 6.45) is 5.24. The van der Waals surface area contributed by atoms with Crippen molar-refractivity contribution in [3.8, 4) is 0 Å². The molecule has 0 saturated heterocycles. The number of carbonyl (C=O) groups is 2. The monoisotopic (exact) mass is 239 g/mol. The van der Waals surface area contributed by atoms with Crippen LogP contribution in [0.1, 0.15) is 45.4 Å². The number of amides is 1. The molecular formula is C13H21NO3. The highest BCUT2D eigenvalue weighted by Gasteiger charge is 2.36. The Morgan fingerprint density at radius 1 is 1.24 bits per heavy atom. The number of rotatable bonds is 7. The highest BCUT2D eigenvalue weighted by molar-refractivity contribution is 5.78. The summed E-state index contributed by atoms with van der Waals surface area (Å²) < 4.78 is 0. The molecule has 0 aromatic heterocycles.